The first-order valence-corrected chi connectivity index (χ1v) is 12.3. The molecule has 11 nitrogen and oxygen atoms in total. The SMILES string of the molecule is CCOC(=O)c1cnn2c(-c3cccc(NC(=O)c4ccn(Cn5nc(C)c(Br)c5C)n4)c3)ccnc12. The van der Waals surface area contributed by atoms with Crippen LogP contribution in [0.3, 0.4) is 0 Å². The molecular formula is C25H23BrN8O3. The molecule has 5 rings (SSSR count). The predicted molar refractivity (Wildman–Crippen MR) is 139 cm³/mol. The summed E-state index contributed by atoms with van der Waals surface area (Å²) in [5, 5.41) is 16.1. The molecule has 4 heterocycles. The van der Waals surface area contributed by atoms with E-state index in [-0.39, 0.29) is 23.8 Å². The van der Waals surface area contributed by atoms with E-state index >= 15 is 0 Å². The maximum absolute atomic E-state index is 12.9. The van der Waals surface area contributed by atoms with Crippen molar-refractivity contribution < 1.29 is 14.3 Å². The van der Waals surface area contributed by atoms with Crippen molar-refractivity contribution in [1.29, 1.82) is 0 Å². The minimum absolute atomic E-state index is 0.260. The van der Waals surface area contributed by atoms with Crippen molar-refractivity contribution in [2.24, 2.45) is 0 Å². The molecule has 1 amide bonds. The lowest BCUT2D eigenvalue weighted by Crippen LogP contribution is -2.15. The fraction of sp³-hybridized carbons (Fsp3) is 0.200. The summed E-state index contributed by atoms with van der Waals surface area (Å²) in [6.07, 6.45) is 4.78. The molecular weight excluding hydrogens is 540 g/mol. The summed E-state index contributed by atoms with van der Waals surface area (Å²) >= 11 is 3.52. The van der Waals surface area contributed by atoms with Gasteiger partial charge in [0, 0.05) is 23.6 Å². The second-order valence-corrected chi connectivity index (χ2v) is 9.04. The Morgan fingerprint density at radius 2 is 1.97 bits per heavy atom. The summed E-state index contributed by atoms with van der Waals surface area (Å²) in [6.45, 7) is 6.28. The Hall–Kier alpha value is -4.32. The van der Waals surface area contributed by atoms with Crippen LogP contribution in [0, 0.1) is 13.8 Å². The van der Waals surface area contributed by atoms with E-state index in [0.29, 0.717) is 23.7 Å². The zero-order valence-corrected chi connectivity index (χ0v) is 21.9. The fourth-order valence-corrected chi connectivity index (χ4v) is 4.21. The number of carbonyl (C=O) groups excluding carboxylic acids is 2. The lowest BCUT2D eigenvalue weighted by Gasteiger charge is -2.08. The van der Waals surface area contributed by atoms with Gasteiger partial charge in [-0.15, -0.1) is 0 Å². The van der Waals surface area contributed by atoms with Gasteiger partial charge in [-0.1, -0.05) is 12.1 Å². The third kappa shape index (κ3) is 4.75. The minimum Gasteiger partial charge on any atom is -0.462 e. The van der Waals surface area contributed by atoms with Gasteiger partial charge in [0.15, 0.2) is 11.3 Å². The molecule has 188 valence electrons. The van der Waals surface area contributed by atoms with Crippen molar-refractivity contribution in [2.75, 3.05) is 11.9 Å². The van der Waals surface area contributed by atoms with Crippen LogP contribution in [0.5, 0.6) is 0 Å². The van der Waals surface area contributed by atoms with E-state index in [4.69, 9.17) is 4.74 Å². The van der Waals surface area contributed by atoms with Crippen molar-refractivity contribution in [1.82, 2.24) is 34.2 Å². The van der Waals surface area contributed by atoms with Crippen LogP contribution < -0.4 is 5.32 Å². The first-order valence-electron chi connectivity index (χ1n) is 11.5. The molecule has 0 spiro atoms. The van der Waals surface area contributed by atoms with Crippen LogP contribution in [-0.2, 0) is 11.4 Å². The molecule has 0 bridgehead atoms. The van der Waals surface area contributed by atoms with Crippen molar-refractivity contribution in [2.45, 2.75) is 27.4 Å². The molecule has 1 N–H and O–H groups in total. The molecule has 0 fully saturated rings. The van der Waals surface area contributed by atoms with Crippen LogP contribution in [-0.4, -0.2) is 52.6 Å². The highest BCUT2D eigenvalue weighted by molar-refractivity contribution is 9.10. The van der Waals surface area contributed by atoms with Crippen LogP contribution in [0.2, 0.25) is 0 Å². The average Bonchev–Trinajstić information content (AvgIpc) is 3.60. The average molecular weight is 563 g/mol. The Labute approximate surface area is 220 Å². The van der Waals surface area contributed by atoms with E-state index in [2.05, 4.69) is 41.5 Å². The van der Waals surface area contributed by atoms with Gasteiger partial charge >= 0.3 is 5.97 Å². The zero-order chi connectivity index (χ0) is 26.1. The van der Waals surface area contributed by atoms with Crippen molar-refractivity contribution in [3.8, 4) is 11.3 Å². The number of hydrogen-bond acceptors (Lipinski definition) is 7. The van der Waals surface area contributed by atoms with Crippen LogP contribution in [0.15, 0.2) is 59.5 Å². The normalized spacial score (nSPS) is 11.1. The number of rotatable bonds is 7. The number of anilines is 1. The summed E-state index contributed by atoms with van der Waals surface area (Å²) in [7, 11) is 0. The van der Waals surface area contributed by atoms with Gasteiger partial charge in [0.1, 0.15) is 12.2 Å². The van der Waals surface area contributed by atoms with Crippen molar-refractivity contribution in [3.63, 3.8) is 0 Å². The maximum Gasteiger partial charge on any atom is 0.343 e. The summed E-state index contributed by atoms with van der Waals surface area (Å²) in [5.74, 6) is -0.818. The van der Waals surface area contributed by atoms with Crippen molar-refractivity contribution in [3.05, 3.63) is 82.1 Å². The number of halogens is 1. The lowest BCUT2D eigenvalue weighted by atomic mass is 10.1. The second kappa shape index (κ2) is 9.97. The monoisotopic (exact) mass is 562 g/mol. The molecule has 5 aromatic rings. The summed E-state index contributed by atoms with van der Waals surface area (Å²) in [4.78, 5) is 29.4. The molecule has 0 aliphatic rings. The Morgan fingerprint density at radius 1 is 1.14 bits per heavy atom. The quantitative estimate of drug-likeness (QED) is 0.296. The topological polar surface area (TPSA) is 121 Å². The molecule has 37 heavy (non-hydrogen) atoms. The van der Waals surface area contributed by atoms with Gasteiger partial charge in [0.05, 0.1) is 34.4 Å². The van der Waals surface area contributed by atoms with E-state index in [1.165, 1.54) is 6.20 Å². The van der Waals surface area contributed by atoms with E-state index < -0.39 is 5.97 Å². The number of carbonyl (C=O) groups is 2. The van der Waals surface area contributed by atoms with Crippen LogP contribution in [0.25, 0.3) is 16.9 Å². The number of aryl methyl sites for hydroxylation is 1. The molecule has 0 atom stereocenters. The molecule has 0 saturated heterocycles. The third-order valence-electron chi connectivity index (χ3n) is 5.76. The molecule has 4 aromatic heterocycles. The van der Waals surface area contributed by atoms with Gasteiger partial charge in [-0.05, 0) is 61.0 Å². The number of benzene rings is 1. The van der Waals surface area contributed by atoms with E-state index in [0.717, 1.165) is 21.4 Å². The number of esters is 1. The Kier molecular flexibility index (Phi) is 6.57. The molecule has 0 aliphatic carbocycles. The first kappa shape index (κ1) is 24.4. The van der Waals surface area contributed by atoms with E-state index in [9.17, 15) is 9.59 Å². The van der Waals surface area contributed by atoms with Gasteiger partial charge in [-0.2, -0.15) is 15.3 Å². The summed E-state index contributed by atoms with van der Waals surface area (Å²) in [6, 6.07) is 10.8. The molecule has 0 radical (unpaired) electrons. The van der Waals surface area contributed by atoms with Crippen molar-refractivity contribution >= 4 is 39.1 Å². The van der Waals surface area contributed by atoms with Gasteiger partial charge in [0.25, 0.3) is 5.91 Å². The molecule has 0 unspecified atom stereocenters. The minimum atomic E-state index is -0.479. The Morgan fingerprint density at radius 3 is 2.73 bits per heavy atom. The molecule has 0 saturated carbocycles. The molecule has 1 aromatic carbocycles. The van der Waals surface area contributed by atoms with Gasteiger partial charge in [-0.3, -0.25) is 9.48 Å². The van der Waals surface area contributed by atoms with Crippen LogP contribution in [0.1, 0.15) is 39.2 Å². The number of aromatic nitrogens is 7. The van der Waals surface area contributed by atoms with Gasteiger partial charge in [0.2, 0.25) is 0 Å². The van der Waals surface area contributed by atoms with E-state index in [1.54, 1.807) is 46.7 Å². The second-order valence-electron chi connectivity index (χ2n) is 8.25. The van der Waals surface area contributed by atoms with Crippen LogP contribution >= 0.6 is 15.9 Å². The maximum atomic E-state index is 12.9. The molecule has 12 heteroatoms. The summed E-state index contributed by atoms with van der Waals surface area (Å²) < 4.78 is 11.1. The summed E-state index contributed by atoms with van der Waals surface area (Å²) in [5.41, 5.74) is 4.91. The highest BCUT2D eigenvalue weighted by atomic mass is 79.9. The first-order chi connectivity index (χ1) is 17.9. The number of fused-ring (bicyclic) bond motifs is 1. The number of nitrogens with zero attached hydrogens (tertiary/aromatic N) is 7. The van der Waals surface area contributed by atoms with Gasteiger partial charge in [-0.25, -0.2) is 19.0 Å². The number of ether oxygens (including phenoxy) is 1. The smallest absolute Gasteiger partial charge is 0.343 e. The Bertz CT molecular complexity index is 1630. The lowest BCUT2D eigenvalue weighted by molar-refractivity contribution is 0.0528. The third-order valence-corrected chi connectivity index (χ3v) is 6.91. The highest BCUT2D eigenvalue weighted by Crippen LogP contribution is 2.24. The van der Waals surface area contributed by atoms with E-state index in [1.807, 2.05) is 36.7 Å². The standard InChI is InChI=1S/C25H23BrN8O3/c1-4-37-25(36)19-13-28-34-21(8-10-27-23(19)34)17-6-5-7-18(12-17)29-24(35)20-9-11-32(31-20)14-33-16(3)22(26)15(2)30-33/h5-13H,4,14H2,1-3H3,(H,29,35). The fourth-order valence-electron chi connectivity index (χ4n) is 3.93. The molecule has 0 aliphatic heterocycles. The Balaban J connectivity index is 1.35. The van der Waals surface area contributed by atoms with Crippen LogP contribution in [0.4, 0.5) is 5.69 Å². The zero-order valence-electron chi connectivity index (χ0n) is 20.3. The highest BCUT2D eigenvalue weighted by Gasteiger charge is 2.18. The predicted octanol–water partition coefficient (Wildman–Crippen LogP) is 4.10. The number of hydrogen-bond donors (Lipinski definition) is 1. The largest absolute Gasteiger partial charge is 0.462 e. The van der Waals surface area contributed by atoms with Gasteiger partial charge < -0.3 is 10.1 Å². The number of amides is 1. The number of nitrogens with one attached hydrogen (secondary N) is 1.